The first-order valence-corrected chi connectivity index (χ1v) is 8.09. The minimum Gasteiger partial charge on any atom is -0.368 e. The number of nitrogens with zero attached hydrogens (tertiary/aromatic N) is 3. The molecule has 1 aromatic heterocycles. The van der Waals surface area contributed by atoms with Crippen molar-refractivity contribution in [1.82, 2.24) is 14.8 Å². The molecule has 0 N–H and O–H groups in total. The van der Waals surface area contributed by atoms with Gasteiger partial charge in [-0.05, 0) is 25.0 Å². The lowest BCUT2D eigenvalue weighted by atomic mass is 10.1. The van der Waals surface area contributed by atoms with Gasteiger partial charge in [-0.25, -0.2) is 0 Å². The number of alkyl halides is 3. The van der Waals surface area contributed by atoms with E-state index in [0.717, 1.165) is 31.2 Å². The van der Waals surface area contributed by atoms with Crippen LogP contribution in [0.4, 0.5) is 13.2 Å². The van der Waals surface area contributed by atoms with E-state index in [9.17, 15) is 22.8 Å². The molecule has 2 aliphatic heterocycles. The second kappa shape index (κ2) is 6.99. The maximum absolute atomic E-state index is 12.5. The van der Waals surface area contributed by atoms with Crippen LogP contribution in [0.15, 0.2) is 18.3 Å². The first-order valence-electron chi connectivity index (χ1n) is 8.09. The van der Waals surface area contributed by atoms with E-state index in [2.05, 4.69) is 4.98 Å². The van der Waals surface area contributed by atoms with Gasteiger partial charge in [-0.1, -0.05) is 0 Å². The smallest absolute Gasteiger partial charge is 0.368 e. The first-order chi connectivity index (χ1) is 11.9. The molecule has 2 fully saturated rings. The molecule has 0 spiro atoms. The third kappa shape index (κ3) is 3.92. The van der Waals surface area contributed by atoms with Gasteiger partial charge in [-0.3, -0.25) is 14.6 Å². The van der Waals surface area contributed by atoms with Gasteiger partial charge in [-0.2, -0.15) is 13.2 Å². The third-order valence-corrected chi connectivity index (χ3v) is 4.38. The van der Waals surface area contributed by atoms with Crippen LogP contribution in [0.5, 0.6) is 0 Å². The Bertz CT molecular complexity index is 634. The number of piperazine rings is 1. The van der Waals surface area contributed by atoms with Crippen molar-refractivity contribution in [3.05, 3.63) is 29.6 Å². The van der Waals surface area contributed by atoms with E-state index in [4.69, 9.17) is 4.74 Å². The van der Waals surface area contributed by atoms with Gasteiger partial charge in [0.15, 0.2) is 0 Å². The highest BCUT2D eigenvalue weighted by atomic mass is 19.4. The fourth-order valence-corrected chi connectivity index (χ4v) is 2.98. The monoisotopic (exact) mass is 357 g/mol. The summed E-state index contributed by atoms with van der Waals surface area (Å²) >= 11 is 0. The summed E-state index contributed by atoms with van der Waals surface area (Å²) in [6.07, 6.45) is -2.39. The van der Waals surface area contributed by atoms with Crippen LogP contribution in [0, 0.1) is 0 Å². The van der Waals surface area contributed by atoms with Crippen LogP contribution in [-0.2, 0) is 15.7 Å². The number of carbonyl (C=O) groups excluding carboxylic acids is 2. The molecule has 0 aliphatic carbocycles. The largest absolute Gasteiger partial charge is 0.433 e. The maximum Gasteiger partial charge on any atom is 0.433 e. The van der Waals surface area contributed by atoms with Crippen LogP contribution < -0.4 is 0 Å². The average Bonchev–Trinajstić information content (AvgIpc) is 3.14. The van der Waals surface area contributed by atoms with E-state index in [1.54, 1.807) is 4.90 Å². The normalized spacial score (nSPS) is 21.5. The molecule has 0 aromatic carbocycles. The highest BCUT2D eigenvalue weighted by Gasteiger charge is 2.33. The van der Waals surface area contributed by atoms with Crippen molar-refractivity contribution in [2.24, 2.45) is 0 Å². The van der Waals surface area contributed by atoms with Crippen molar-refractivity contribution < 1.29 is 27.5 Å². The van der Waals surface area contributed by atoms with Crippen molar-refractivity contribution in [3.8, 4) is 0 Å². The van der Waals surface area contributed by atoms with Gasteiger partial charge >= 0.3 is 6.18 Å². The van der Waals surface area contributed by atoms with Gasteiger partial charge in [0, 0.05) is 39.0 Å². The second-order valence-corrected chi connectivity index (χ2v) is 6.05. The average molecular weight is 357 g/mol. The second-order valence-electron chi connectivity index (χ2n) is 6.05. The molecule has 9 heteroatoms. The predicted molar refractivity (Wildman–Crippen MR) is 80.7 cm³/mol. The molecule has 3 heterocycles. The van der Waals surface area contributed by atoms with Crippen LogP contribution in [-0.4, -0.2) is 65.5 Å². The number of rotatable bonds is 2. The van der Waals surface area contributed by atoms with Crippen molar-refractivity contribution in [1.29, 1.82) is 0 Å². The molecule has 3 rings (SSSR count). The fraction of sp³-hybridized carbons (Fsp3) is 0.562. The summed E-state index contributed by atoms with van der Waals surface area (Å²) in [5, 5.41) is 0. The highest BCUT2D eigenvalue weighted by Crippen LogP contribution is 2.27. The number of halogens is 3. The lowest BCUT2D eigenvalue weighted by Crippen LogP contribution is -2.52. The summed E-state index contributed by atoms with van der Waals surface area (Å²) in [5.41, 5.74) is -0.928. The molecular weight excluding hydrogens is 339 g/mol. The molecule has 1 atom stereocenters. The first kappa shape index (κ1) is 17.7. The van der Waals surface area contributed by atoms with Crippen LogP contribution in [0.3, 0.4) is 0 Å². The van der Waals surface area contributed by atoms with Gasteiger partial charge in [0.05, 0.1) is 5.56 Å². The van der Waals surface area contributed by atoms with Gasteiger partial charge in [0.25, 0.3) is 11.8 Å². The van der Waals surface area contributed by atoms with Gasteiger partial charge < -0.3 is 14.5 Å². The van der Waals surface area contributed by atoms with Crippen LogP contribution in [0.2, 0.25) is 0 Å². The van der Waals surface area contributed by atoms with E-state index in [0.29, 0.717) is 32.8 Å². The van der Waals surface area contributed by atoms with E-state index in [1.165, 1.54) is 4.90 Å². The molecule has 0 saturated carbocycles. The Morgan fingerprint density at radius 3 is 2.32 bits per heavy atom. The summed E-state index contributed by atoms with van der Waals surface area (Å²) in [6.45, 7) is 2.03. The molecule has 0 radical (unpaired) electrons. The van der Waals surface area contributed by atoms with E-state index < -0.39 is 11.9 Å². The SMILES string of the molecule is O=C(c1ccc(C(F)(F)F)nc1)N1CCN(C(=O)C2CCCO2)CC1. The summed E-state index contributed by atoms with van der Waals surface area (Å²) < 4.78 is 42.9. The quantitative estimate of drug-likeness (QED) is 0.806. The summed E-state index contributed by atoms with van der Waals surface area (Å²) in [5.74, 6) is -0.439. The van der Waals surface area contributed by atoms with Crippen LogP contribution in [0.1, 0.15) is 28.9 Å². The molecule has 2 amide bonds. The third-order valence-electron chi connectivity index (χ3n) is 4.38. The summed E-state index contributed by atoms with van der Waals surface area (Å²) in [6, 6.07) is 1.92. The maximum atomic E-state index is 12.5. The minimum atomic E-state index is -4.53. The molecule has 1 aromatic rings. The molecule has 2 aliphatic rings. The molecule has 2 saturated heterocycles. The number of carbonyl (C=O) groups is 2. The summed E-state index contributed by atoms with van der Waals surface area (Å²) in [4.78, 5) is 31.1. The molecule has 25 heavy (non-hydrogen) atoms. The van der Waals surface area contributed by atoms with Crippen molar-refractivity contribution in [2.75, 3.05) is 32.8 Å². The lowest BCUT2D eigenvalue weighted by Gasteiger charge is -2.35. The highest BCUT2D eigenvalue weighted by molar-refractivity contribution is 5.94. The number of hydrogen-bond acceptors (Lipinski definition) is 4. The topological polar surface area (TPSA) is 62.7 Å². The minimum absolute atomic E-state index is 0.0548. The van der Waals surface area contributed by atoms with Crippen LogP contribution >= 0.6 is 0 Å². The Kier molecular flexibility index (Phi) is 4.94. The Balaban J connectivity index is 1.57. The lowest BCUT2D eigenvalue weighted by molar-refractivity contribution is -0.142. The number of pyridine rings is 1. The van der Waals surface area contributed by atoms with Gasteiger partial charge in [0.2, 0.25) is 0 Å². The van der Waals surface area contributed by atoms with Crippen molar-refractivity contribution >= 4 is 11.8 Å². The number of hydrogen-bond donors (Lipinski definition) is 0. The zero-order valence-corrected chi connectivity index (χ0v) is 13.5. The van der Waals surface area contributed by atoms with Crippen molar-refractivity contribution in [2.45, 2.75) is 25.1 Å². The zero-order valence-electron chi connectivity index (χ0n) is 13.5. The standard InChI is InChI=1S/C16H18F3N3O3/c17-16(18,19)13-4-3-11(10-20-13)14(23)21-5-7-22(8-6-21)15(24)12-2-1-9-25-12/h3-4,10,12H,1-2,5-9H2. The van der Waals surface area contributed by atoms with Gasteiger partial charge in [-0.15, -0.1) is 0 Å². The molecule has 0 bridgehead atoms. The predicted octanol–water partition coefficient (Wildman–Crippen LogP) is 1.56. The van der Waals surface area contributed by atoms with Crippen molar-refractivity contribution in [3.63, 3.8) is 0 Å². The zero-order chi connectivity index (χ0) is 18.0. The Morgan fingerprint density at radius 2 is 1.80 bits per heavy atom. The van der Waals surface area contributed by atoms with Gasteiger partial charge in [0.1, 0.15) is 11.8 Å². The van der Waals surface area contributed by atoms with E-state index >= 15 is 0 Å². The number of aromatic nitrogens is 1. The molecule has 1 unspecified atom stereocenters. The summed E-state index contributed by atoms with van der Waals surface area (Å²) in [7, 11) is 0. The number of amides is 2. The van der Waals surface area contributed by atoms with E-state index in [1.807, 2.05) is 0 Å². The van der Waals surface area contributed by atoms with E-state index in [-0.39, 0.29) is 23.5 Å². The van der Waals surface area contributed by atoms with Crippen LogP contribution in [0.25, 0.3) is 0 Å². The molecule has 136 valence electrons. The Morgan fingerprint density at radius 1 is 1.12 bits per heavy atom. The fourth-order valence-electron chi connectivity index (χ4n) is 2.98. The molecule has 6 nitrogen and oxygen atoms in total. The Hall–Kier alpha value is -2.16. The Labute approximate surface area is 142 Å². The number of ether oxygens (including phenoxy) is 1. The molecular formula is C16H18F3N3O3.